The number of rotatable bonds is 1. The highest BCUT2D eigenvalue weighted by molar-refractivity contribution is 4.76. The minimum Gasteiger partial charge on any atom is -0.316 e. The molecule has 0 bridgehead atoms. The third kappa shape index (κ3) is 1.96. The Morgan fingerprint density at radius 1 is 1.40 bits per heavy atom. The molecule has 0 saturated carbocycles. The van der Waals surface area contributed by atoms with Crippen LogP contribution in [0.1, 0.15) is 12.8 Å². The maximum atomic E-state index is 3.48. The van der Waals surface area contributed by atoms with E-state index in [4.69, 9.17) is 0 Å². The lowest BCUT2D eigenvalue weighted by atomic mass is 10.1. The molecule has 0 aromatic rings. The number of nitrogens with zero attached hydrogens (tertiary/aromatic N) is 1. The molecular weight excluding hydrogens is 124 g/mol. The van der Waals surface area contributed by atoms with Crippen LogP contribution in [-0.4, -0.2) is 38.3 Å². The number of piperidine rings is 1. The van der Waals surface area contributed by atoms with Crippen molar-refractivity contribution in [3.63, 3.8) is 0 Å². The lowest BCUT2D eigenvalue weighted by molar-refractivity contribution is -0.900. The lowest BCUT2D eigenvalue weighted by Gasteiger charge is -2.36. The van der Waals surface area contributed by atoms with Gasteiger partial charge in [0.05, 0.1) is 21.1 Å². The Morgan fingerprint density at radius 2 is 2.10 bits per heavy atom. The van der Waals surface area contributed by atoms with E-state index in [1.807, 2.05) is 0 Å². The van der Waals surface area contributed by atoms with Crippen LogP contribution >= 0.6 is 0 Å². The quantitative estimate of drug-likeness (QED) is 0.529. The topological polar surface area (TPSA) is 12.0 Å². The zero-order chi connectivity index (χ0) is 7.61. The lowest BCUT2D eigenvalue weighted by Crippen LogP contribution is -2.55. The minimum atomic E-state index is 0.657. The Balaban J connectivity index is 2.39. The third-order valence-electron chi connectivity index (χ3n) is 2.08. The standard InChI is InChI=1S/C8H18N2/c1-10(2,3)8-6-4-5-7-9-8/h5,8-9H,4,6-7H2,1-3H3/q+1. The molecule has 0 spiro atoms. The van der Waals surface area contributed by atoms with Crippen LogP contribution in [-0.2, 0) is 0 Å². The minimum absolute atomic E-state index is 0.657. The van der Waals surface area contributed by atoms with Crippen molar-refractivity contribution in [3.05, 3.63) is 6.42 Å². The highest BCUT2D eigenvalue weighted by Crippen LogP contribution is 2.11. The smallest absolute Gasteiger partial charge is 0.142 e. The molecule has 1 aliphatic heterocycles. The van der Waals surface area contributed by atoms with Gasteiger partial charge in [-0.05, 0) is 12.8 Å². The van der Waals surface area contributed by atoms with Gasteiger partial charge in [0.25, 0.3) is 0 Å². The first kappa shape index (κ1) is 8.02. The van der Waals surface area contributed by atoms with Gasteiger partial charge in [-0.15, -0.1) is 0 Å². The first-order valence-electron chi connectivity index (χ1n) is 3.97. The summed E-state index contributed by atoms with van der Waals surface area (Å²) in [4.78, 5) is 0. The van der Waals surface area contributed by atoms with Gasteiger partial charge in [0, 0.05) is 13.0 Å². The van der Waals surface area contributed by atoms with Crippen molar-refractivity contribution in [2.45, 2.75) is 19.0 Å². The van der Waals surface area contributed by atoms with Gasteiger partial charge in [-0.1, -0.05) is 0 Å². The molecule has 59 valence electrons. The Labute approximate surface area is 63.8 Å². The molecule has 10 heavy (non-hydrogen) atoms. The third-order valence-corrected chi connectivity index (χ3v) is 2.08. The Hall–Kier alpha value is -0.0800. The molecular formula is C8H18N2+. The molecule has 1 unspecified atom stereocenters. The Bertz CT molecular complexity index is 98.3. The molecule has 0 aliphatic carbocycles. The van der Waals surface area contributed by atoms with Crippen molar-refractivity contribution >= 4 is 0 Å². The van der Waals surface area contributed by atoms with E-state index in [9.17, 15) is 0 Å². The summed E-state index contributed by atoms with van der Waals surface area (Å²) in [5, 5.41) is 3.48. The SMILES string of the molecule is C[N+](C)(C)C1CC[CH]CN1. The molecule has 2 heteroatoms. The fourth-order valence-corrected chi connectivity index (χ4v) is 1.36. The average molecular weight is 142 g/mol. The van der Waals surface area contributed by atoms with Crippen LogP contribution in [0.3, 0.4) is 0 Å². The molecule has 1 aliphatic rings. The van der Waals surface area contributed by atoms with E-state index < -0.39 is 0 Å². The number of hydrogen-bond donors (Lipinski definition) is 1. The van der Waals surface area contributed by atoms with Gasteiger partial charge in [0.1, 0.15) is 6.17 Å². The van der Waals surface area contributed by atoms with Crippen molar-refractivity contribution < 1.29 is 4.48 Å². The molecule has 1 saturated heterocycles. The van der Waals surface area contributed by atoms with E-state index in [-0.39, 0.29) is 0 Å². The summed E-state index contributed by atoms with van der Waals surface area (Å²) >= 11 is 0. The van der Waals surface area contributed by atoms with Crippen molar-refractivity contribution in [2.24, 2.45) is 0 Å². The molecule has 1 rings (SSSR count). The summed E-state index contributed by atoms with van der Waals surface area (Å²) in [6.07, 6.45) is 5.52. The molecule has 2 nitrogen and oxygen atoms in total. The van der Waals surface area contributed by atoms with Gasteiger partial charge in [-0.2, -0.15) is 0 Å². The normalized spacial score (nSPS) is 28.5. The highest BCUT2D eigenvalue weighted by Gasteiger charge is 2.24. The zero-order valence-corrected chi connectivity index (χ0v) is 7.22. The summed E-state index contributed by atoms with van der Waals surface area (Å²) in [6, 6.07) is 0. The van der Waals surface area contributed by atoms with Crippen LogP contribution in [0.25, 0.3) is 0 Å². The molecule has 1 N–H and O–H groups in total. The van der Waals surface area contributed by atoms with E-state index in [0.717, 1.165) is 11.0 Å². The summed E-state index contributed by atoms with van der Waals surface area (Å²) < 4.78 is 1.04. The fourth-order valence-electron chi connectivity index (χ4n) is 1.36. The highest BCUT2D eigenvalue weighted by atomic mass is 15.4. The van der Waals surface area contributed by atoms with Crippen LogP contribution in [0.5, 0.6) is 0 Å². The largest absolute Gasteiger partial charge is 0.316 e. The van der Waals surface area contributed by atoms with Crippen LogP contribution in [0, 0.1) is 6.42 Å². The van der Waals surface area contributed by atoms with Crippen molar-refractivity contribution in [2.75, 3.05) is 27.7 Å². The summed E-state index contributed by atoms with van der Waals surface area (Å²) in [5.41, 5.74) is 0. The molecule has 1 heterocycles. The van der Waals surface area contributed by atoms with Gasteiger partial charge >= 0.3 is 0 Å². The van der Waals surface area contributed by atoms with E-state index in [0.29, 0.717) is 6.17 Å². The summed E-state index contributed by atoms with van der Waals surface area (Å²) in [5.74, 6) is 0. The molecule has 0 amide bonds. The van der Waals surface area contributed by atoms with Gasteiger partial charge in [0.15, 0.2) is 0 Å². The predicted molar refractivity (Wildman–Crippen MR) is 43.4 cm³/mol. The van der Waals surface area contributed by atoms with Gasteiger partial charge in [-0.3, -0.25) is 5.32 Å². The molecule has 1 atom stereocenters. The van der Waals surface area contributed by atoms with Crippen molar-refractivity contribution in [1.29, 1.82) is 0 Å². The van der Waals surface area contributed by atoms with E-state index in [2.05, 4.69) is 32.9 Å². The second-order valence-corrected chi connectivity index (χ2v) is 3.91. The van der Waals surface area contributed by atoms with Crippen molar-refractivity contribution in [3.8, 4) is 0 Å². The number of quaternary nitrogens is 1. The number of nitrogens with one attached hydrogen (secondary N) is 1. The van der Waals surface area contributed by atoms with Gasteiger partial charge in [-0.25, -0.2) is 0 Å². The second-order valence-electron chi connectivity index (χ2n) is 3.91. The second kappa shape index (κ2) is 2.89. The summed E-state index contributed by atoms with van der Waals surface area (Å²) in [7, 11) is 6.72. The first-order valence-corrected chi connectivity index (χ1v) is 3.97. The van der Waals surface area contributed by atoms with Gasteiger partial charge in [0.2, 0.25) is 0 Å². The maximum absolute atomic E-state index is 3.48. The van der Waals surface area contributed by atoms with Crippen LogP contribution in [0.15, 0.2) is 0 Å². The molecule has 1 radical (unpaired) electrons. The van der Waals surface area contributed by atoms with E-state index >= 15 is 0 Å². The molecule has 0 aromatic carbocycles. The predicted octanol–water partition coefficient (Wildman–Crippen LogP) is 0.606. The van der Waals surface area contributed by atoms with Gasteiger partial charge < -0.3 is 4.48 Å². The molecule has 0 aromatic heterocycles. The fraction of sp³-hybridized carbons (Fsp3) is 0.875. The number of hydrogen-bond acceptors (Lipinski definition) is 1. The molecule has 1 fully saturated rings. The van der Waals surface area contributed by atoms with Crippen molar-refractivity contribution in [1.82, 2.24) is 5.32 Å². The van der Waals surface area contributed by atoms with E-state index in [1.54, 1.807) is 0 Å². The van der Waals surface area contributed by atoms with Crippen LogP contribution in [0.2, 0.25) is 0 Å². The Morgan fingerprint density at radius 3 is 2.40 bits per heavy atom. The van der Waals surface area contributed by atoms with Crippen LogP contribution in [0.4, 0.5) is 0 Å². The van der Waals surface area contributed by atoms with E-state index in [1.165, 1.54) is 12.8 Å². The average Bonchev–Trinajstić information content (AvgIpc) is 1.88. The Kier molecular flexibility index (Phi) is 2.32. The maximum Gasteiger partial charge on any atom is 0.142 e. The summed E-state index contributed by atoms with van der Waals surface area (Å²) in [6.45, 7) is 1.08. The zero-order valence-electron chi connectivity index (χ0n) is 7.22. The van der Waals surface area contributed by atoms with Crippen LogP contribution < -0.4 is 5.32 Å². The first-order chi connectivity index (χ1) is 4.61. The monoisotopic (exact) mass is 142 g/mol.